The van der Waals surface area contributed by atoms with Gasteiger partial charge in [0.2, 0.25) is 0 Å². The number of para-hydroxylation sites is 1. The van der Waals surface area contributed by atoms with E-state index in [0.29, 0.717) is 12.3 Å². The third-order valence-electron chi connectivity index (χ3n) is 3.22. The SMILES string of the molecule is CC(C)N(CCSc1ccc(Cl)cc1)C(=O)Oc1ccccc1. The molecule has 0 bridgehead atoms. The molecule has 0 heterocycles. The summed E-state index contributed by atoms with van der Waals surface area (Å²) in [4.78, 5) is 15.2. The van der Waals surface area contributed by atoms with Crippen molar-refractivity contribution >= 4 is 29.5 Å². The number of thioether (sulfide) groups is 1. The number of benzene rings is 2. The highest BCUT2D eigenvalue weighted by Crippen LogP contribution is 2.21. The second-order valence-electron chi connectivity index (χ2n) is 5.27. The first kappa shape index (κ1) is 17.7. The monoisotopic (exact) mass is 349 g/mol. The van der Waals surface area contributed by atoms with Crippen LogP contribution in [0.1, 0.15) is 13.8 Å². The molecule has 0 unspecified atom stereocenters. The largest absolute Gasteiger partial charge is 0.415 e. The lowest BCUT2D eigenvalue weighted by atomic mass is 10.3. The number of amides is 1. The Morgan fingerprint density at radius 1 is 1.13 bits per heavy atom. The van der Waals surface area contributed by atoms with Gasteiger partial charge in [-0.05, 0) is 50.2 Å². The van der Waals surface area contributed by atoms with Gasteiger partial charge < -0.3 is 9.64 Å². The Kier molecular flexibility index (Phi) is 6.81. The van der Waals surface area contributed by atoms with Crippen molar-refractivity contribution in [2.24, 2.45) is 0 Å². The van der Waals surface area contributed by atoms with E-state index in [0.717, 1.165) is 15.7 Å². The summed E-state index contributed by atoms with van der Waals surface area (Å²) in [6, 6.07) is 16.9. The number of carbonyl (C=O) groups is 1. The molecule has 0 aliphatic rings. The van der Waals surface area contributed by atoms with E-state index in [1.54, 1.807) is 28.8 Å². The highest BCUT2D eigenvalue weighted by atomic mass is 35.5. The van der Waals surface area contributed by atoms with E-state index in [1.165, 1.54) is 0 Å². The first-order chi connectivity index (χ1) is 11.1. The Bertz CT molecular complexity index is 617. The summed E-state index contributed by atoms with van der Waals surface area (Å²) in [5.74, 6) is 1.36. The Balaban J connectivity index is 1.88. The highest BCUT2D eigenvalue weighted by molar-refractivity contribution is 7.99. The number of carbonyl (C=O) groups excluding carboxylic acids is 1. The number of ether oxygens (including phenoxy) is 1. The smallest absolute Gasteiger partial charge is 0.410 e. The van der Waals surface area contributed by atoms with Gasteiger partial charge in [-0.15, -0.1) is 11.8 Å². The van der Waals surface area contributed by atoms with E-state index < -0.39 is 0 Å². The first-order valence-electron chi connectivity index (χ1n) is 7.48. The number of hydrogen-bond acceptors (Lipinski definition) is 3. The van der Waals surface area contributed by atoms with Crippen molar-refractivity contribution in [3.05, 3.63) is 59.6 Å². The van der Waals surface area contributed by atoms with Gasteiger partial charge in [0.25, 0.3) is 0 Å². The molecule has 2 aromatic carbocycles. The Hall–Kier alpha value is -1.65. The van der Waals surface area contributed by atoms with E-state index in [2.05, 4.69) is 0 Å². The molecule has 0 spiro atoms. The van der Waals surface area contributed by atoms with E-state index in [-0.39, 0.29) is 12.1 Å². The van der Waals surface area contributed by atoms with E-state index >= 15 is 0 Å². The van der Waals surface area contributed by atoms with Gasteiger partial charge in [0, 0.05) is 28.3 Å². The van der Waals surface area contributed by atoms with Gasteiger partial charge >= 0.3 is 6.09 Å². The molecule has 0 aromatic heterocycles. The molecule has 0 N–H and O–H groups in total. The zero-order valence-corrected chi connectivity index (χ0v) is 14.8. The lowest BCUT2D eigenvalue weighted by Gasteiger charge is -2.25. The third-order valence-corrected chi connectivity index (χ3v) is 4.46. The minimum Gasteiger partial charge on any atom is -0.410 e. The van der Waals surface area contributed by atoms with Crippen LogP contribution in [0.5, 0.6) is 5.75 Å². The summed E-state index contributed by atoms with van der Waals surface area (Å²) in [5, 5.41) is 0.726. The standard InChI is InChI=1S/C18H20ClNO2S/c1-14(2)20(18(21)22-16-6-4-3-5-7-16)12-13-23-17-10-8-15(19)9-11-17/h3-11,14H,12-13H2,1-2H3. The van der Waals surface area contributed by atoms with Crippen molar-refractivity contribution in [1.29, 1.82) is 0 Å². The maximum Gasteiger partial charge on any atom is 0.415 e. The molecule has 122 valence electrons. The molecule has 0 fully saturated rings. The topological polar surface area (TPSA) is 29.5 Å². The molecule has 5 heteroatoms. The van der Waals surface area contributed by atoms with Crippen molar-refractivity contribution < 1.29 is 9.53 Å². The van der Waals surface area contributed by atoms with Crippen LogP contribution in [0.25, 0.3) is 0 Å². The molecule has 2 rings (SSSR count). The van der Waals surface area contributed by atoms with Gasteiger partial charge in [0.05, 0.1) is 0 Å². The van der Waals surface area contributed by atoms with Crippen LogP contribution in [0.3, 0.4) is 0 Å². The number of nitrogens with zero attached hydrogens (tertiary/aromatic N) is 1. The molecular weight excluding hydrogens is 330 g/mol. The number of rotatable bonds is 6. The molecule has 2 aromatic rings. The zero-order chi connectivity index (χ0) is 16.7. The van der Waals surface area contributed by atoms with Crippen LogP contribution in [0.2, 0.25) is 5.02 Å². The summed E-state index contributed by atoms with van der Waals surface area (Å²) in [5.41, 5.74) is 0. The molecule has 3 nitrogen and oxygen atoms in total. The summed E-state index contributed by atoms with van der Waals surface area (Å²) in [7, 11) is 0. The Morgan fingerprint density at radius 3 is 2.39 bits per heavy atom. The molecule has 0 saturated heterocycles. The maximum absolute atomic E-state index is 12.3. The Morgan fingerprint density at radius 2 is 1.78 bits per heavy atom. The molecular formula is C18H20ClNO2S. The summed E-state index contributed by atoms with van der Waals surface area (Å²) in [6.45, 7) is 4.59. The van der Waals surface area contributed by atoms with Crippen molar-refractivity contribution in [3.63, 3.8) is 0 Å². The van der Waals surface area contributed by atoms with Crippen molar-refractivity contribution in [2.45, 2.75) is 24.8 Å². The fraction of sp³-hybridized carbons (Fsp3) is 0.278. The minimum atomic E-state index is -0.317. The quantitative estimate of drug-likeness (QED) is 0.659. The summed E-state index contributed by atoms with van der Waals surface area (Å²) < 4.78 is 5.42. The van der Waals surface area contributed by atoms with Crippen molar-refractivity contribution in [3.8, 4) is 5.75 Å². The molecule has 0 atom stereocenters. The van der Waals surface area contributed by atoms with Gasteiger partial charge in [-0.25, -0.2) is 4.79 Å². The fourth-order valence-corrected chi connectivity index (χ4v) is 2.98. The number of hydrogen-bond donors (Lipinski definition) is 0. The average Bonchev–Trinajstić information content (AvgIpc) is 2.53. The zero-order valence-electron chi connectivity index (χ0n) is 13.2. The normalized spacial score (nSPS) is 10.6. The number of halogens is 1. The van der Waals surface area contributed by atoms with Crippen LogP contribution >= 0.6 is 23.4 Å². The van der Waals surface area contributed by atoms with E-state index in [9.17, 15) is 4.79 Å². The molecule has 1 amide bonds. The summed E-state index contributed by atoms with van der Waals surface area (Å²) in [6.07, 6.45) is -0.317. The van der Waals surface area contributed by atoms with Crippen LogP contribution < -0.4 is 4.74 Å². The lowest BCUT2D eigenvalue weighted by Crippen LogP contribution is -2.40. The van der Waals surface area contributed by atoms with Crippen LogP contribution in [-0.2, 0) is 0 Å². The average molecular weight is 350 g/mol. The summed E-state index contributed by atoms with van der Waals surface area (Å²) >= 11 is 7.57. The van der Waals surface area contributed by atoms with Gasteiger partial charge in [0.1, 0.15) is 5.75 Å². The second kappa shape index (κ2) is 8.85. The van der Waals surface area contributed by atoms with Crippen molar-refractivity contribution in [1.82, 2.24) is 4.90 Å². The van der Waals surface area contributed by atoms with Gasteiger partial charge in [-0.3, -0.25) is 0 Å². The second-order valence-corrected chi connectivity index (χ2v) is 6.88. The molecule has 23 heavy (non-hydrogen) atoms. The van der Waals surface area contributed by atoms with Crippen molar-refractivity contribution in [2.75, 3.05) is 12.3 Å². The Labute approximate surface area is 146 Å². The van der Waals surface area contributed by atoms with Gasteiger partial charge in [-0.2, -0.15) is 0 Å². The van der Waals surface area contributed by atoms with Crippen LogP contribution in [0, 0.1) is 0 Å². The van der Waals surface area contributed by atoms with E-state index in [1.807, 2.05) is 56.3 Å². The van der Waals surface area contributed by atoms with Gasteiger partial charge in [-0.1, -0.05) is 29.8 Å². The van der Waals surface area contributed by atoms with E-state index in [4.69, 9.17) is 16.3 Å². The fourth-order valence-electron chi connectivity index (χ4n) is 2.00. The van der Waals surface area contributed by atoms with Crippen LogP contribution in [0.4, 0.5) is 4.79 Å². The predicted octanol–water partition coefficient (Wildman–Crippen LogP) is 5.34. The highest BCUT2D eigenvalue weighted by Gasteiger charge is 2.18. The van der Waals surface area contributed by atoms with Gasteiger partial charge in [0.15, 0.2) is 0 Å². The molecule has 0 radical (unpaired) electrons. The molecule has 0 saturated carbocycles. The third kappa shape index (κ3) is 5.81. The van der Waals surface area contributed by atoms with Crippen LogP contribution in [0.15, 0.2) is 59.5 Å². The maximum atomic E-state index is 12.3. The first-order valence-corrected chi connectivity index (χ1v) is 8.84. The predicted molar refractivity (Wildman–Crippen MR) is 96.5 cm³/mol. The molecule has 0 aliphatic carbocycles. The molecule has 0 aliphatic heterocycles. The minimum absolute atomic E-state index is 0.0806. The lowest BCUT2D eigenvalue weighted by molar-refractivity contribution is 0.142. The van der Waals surface area contributed by atoms with Crippen LogP contribution in [-0.4, -0.2) is 29.3 Å².